The summed E-state index contributed by atoms with van der Waals surface area (Å²) in [6.45, 7) is 3.21. The summed E-state index contributed by atoms with van der Waals surface area (Å²) in [5.74, 6) is -0.114. The number of hydrogen-bond donors (Lipinski definition) is 0. The van der Waals surface area contributed by atoms with Gasteiger partial charge in [0.25, 0.3) is 11.6 Å². The molecule has 1 saturated heterocycles. The summed E-state index contributed by atoms with van der Waals surface area (Å²) in [7, 11) is 0. The predicted octanol–water partition coefficient (Wildman–Crippen LogP) is 2.14. The molecule has 20 heavy (non-hydrogen) atoms. The van der Waals surface area contributed by atoms with Gasteiger partial charge < -0.3 is 9.64 Å². The van der Waals surface area contributed by atoms with Crippen molar-refractivity contribution in [2.75, 3.05) is 25.0 Å². The minimum atomic E-state index is -0.445. The highest BCUT2D eigenvalue weighted by Crippen LogP contribution is 2.20. The van der Waals surface area contributed by atoms with Crippen molar-refractivity contribution in [2.24, 2.45) is 0 Å². The van der Waals surface area contributed by atoms with Gasteiger partial charge in [-0.1, -0.05) is 15.9 Å². The summed E-state index contributed by atoms with van der Waals surface area (Å²) in [5, 5.41) is 11.5. The Morgan fingerprint density at radius 3 is 2.95 bits per heavy atom. The maximum Gasteiger partial charge on any atom is 0.272 e. The van der Waals surface area contributed by atoms with Crippen molar-refractivity contribution in [1.29, 1.82) is 0 Å². The maximum absolute atomic E-state index is 12.4. The van der Waals surface area contributed by atoms with Crippen molar-refractivity contribution >= 4 is 27.5 Å². The zero-order valence-corrected chi connectivity index (χ0v) is 12.6. The van der Waals surface area contributed by atoms with E-state index < -0.39 is 4.92 Å². The van der Waals surface area contributed by atoms with Gasteiger partial charge in [-0.2, -0.15) is 0 Å². The van der Waals surface area contributed by atoms with E-state index in [2.05, 4.69) is 15.9 Å². The number of amides is 1. The minimum absolute atomic E-state index is 0.00755. The quantitative estimate of drug-likeness (QED) is 0.479. The molecule has 7 heteroatoms. The van der Waals surface area contributed by atoms with Crippen LogP contribution in [-0.4, -0.2) is 46.9 Å². The molecule has 1 atom stereocenters. The third-order valence-corrected chi connectivity index (χ3v) is 3.96. The van der Waals surface area contributed by atoms with Crippen LogP contribution in [0.3, 0.4) is 0 Å². The van der Waals surface area contributed by atoms with Crippen LogP contribution in [0, 0.1) is 17.0 Å². The molecule has 1 aliphatic rings. The largest absolute Gasteiger partial charge is 0.374 e. The second kappa shape index (κ2) is 6.32. The summed E-state index contributed by atoms with van der Waals surface area (Å²) in [5.41, 5.74) is 0.997. The van der Waals surface area contributed by atoms with E-state index in [1.54, 1.807) is 17.9 Å². The molecule has 0 aromatic heterocycles. The Morgan fingerprint density at radius 2 is 2.35 bits per heavy atom. The molecule has 1 unspecified atom stereocenters. The van der Waals surface area contributed by atoms with E-state index in [1.165, 1.54) is 12.1 Å². The normalized spacial score (nSPS) is 18.9. The van der Waals surface area contributed by atoms with E-state index in [0.717, 1.165) is 0 Å². The first-order valence-corrected chi connectivity index (χ1v) is 7.37. The van der Waals surface area contributed by atoms with Gasteiger partial charge in [0.1, 0.15) is 0 Å². The van der Waals surface area contributed by atoms with E-state index in [1.807, 2.05) is 0 Å². The average Bonchev–Trinajstić information content (AvgIpc) is 2.46. The number of nitro benzene ring substituents is 1. The number of ether oxygens (including phenoxy) is 1. The fourth-order valence-electron chi connectivity index (χ4n) is 2.17. The van der Waals surface area contributed by atoms with Gasteiger partial charge in [0.15, 0.2) is 0 Å². The fourth-order valence-corrected chi connectivity index (χ4v) is 2.56. The Hall–Kier alpha value is -1.47. The summed E-state index contributed by atoms with van der Waals surface area (Å²) in [6, 6.07) is 4.45. The molecule has 1 fully saturated rings. The van der Waals surface area contributed by atoms with Gasteiger partial charge in [-0.25, -0.2) is 0 Å². The van der Waals surface area contributed by atoms with Gasteiger partial charge in [-0.05, 0) is 19.1 Å². The number of benzene rings is 1. The molecule has 0 bridgehead atoms. The van der Waals surface area contributed by atoms with E-state index in [0.29, 0.717) is 36.2 Å². The predicted molar refractivity (Wildman–Crippen MR) is 77.3 cm³/mol. The number of carbonyl (C=O) groups excluding carboxylic acids is 1. The lowest BCUT2D eigenvalue weighted by Gasteiger charge is -2.32. The molecule has 0 N–H and O–H groups in total. The van der Waals surface area contributed by atoms with Gasteiger partial charge in [-0.3, -0.25) is 14.9 Å². The van der Waals surface area contributed by atoms with Crippen LogP contribution in [0.2, 0.25) is 0 Å². The number of nitrogens with zero attached hydrogens (tertiary/aromatic N) is 2. The van der Waals surface area contributed by atoms with E-state index in [9.17, 15) is 14.9 Å². The Bertz CT molecular complexity index is 535. The number of morpholine rings is 1. The van der Waals surface area contributed by atoms with E-state index in [-0.39, 0.29) is 17.7 Å². The molecule has 108 valence electrons. The van der Waals surface area contributed by atoms with Crippen molar-refractivity contribution in [3.8, 4) is 0 Å². The molecule has 1 aromatic carbocycles. The molecule has 0 spiro atoms. The number of halogens is 1. The second-order valence-electron chi connectivity index (χ2n) is 4.66. The van der Waals surface area contributed by atoms with Crippen molar-refractivity contribution in [3.63, 3.8) is 0 Å². The first-order chi connectivity index (χ1) is 9.52. The lowest BCUT2D eigenvalue weighted by molar-refractivity contribution is -0.385. The monoisotopic (exact) mass is 342 g/mol. The minimum Gasteiger partial charge on any atom is -0.374 e. The van der Waals surface area contributed by atoms with E-state index >= 15 is 0 Å². The van der Waals surface area contributed by atoms with Crippen molar-refractivity contribution in [3.05, 3.63) is 39.4 Å². The van der Waals surface area contributed by atoms with Crippen LogP contribution in [0.1, 0.15) is 15.9 Å². The molecule has 1 amide bonds. The summed E-state index contributed by atoms with van der Waals surface area (Å²) < 4.78 is 5.49. The number of nitro groups is 1. The molecule has 0 radical (unpaired) electrons. The van der Waals surface area contributed by atoms with E-state index in [4.69, 9.17) is 4.74 Å². The number of aryl methyl sites for hydroxylation is 1. The van der Waals surface area contributed by atoms with Crippen LogP contribution in [0.15, 0.2) is 18.2 Å². The lowest BCUT2D eigenvalue weighted by atomic mass is 10.1. The van der Waals surface area contributed by atoms with Gasteiger partial charge in [0, 0.05) is 35.6 Å². The van der Waals surface area contributed by atoms with Gasteiger partial charge in [0.2, 0.25) is 0 Å². The highest BCUT2D eigenvalue weighted by Gasteiger charge is 2.25. The second-order valence-corrected chi connectivity index (χ2v) is 5.30. The van der Waals surface area contributed by atoms with Crippen LogP contribution in [-0.2, 0) is 4.74 Å². The zero-order valence-electron chi connectivity index (χ0n) is 11.0. The Labute approximate surface area is 125 Å². The molecule has 0 aliphatic carbocycles. The molecular formula is C13H15BrN2O4. The van der Waals surface area contributed by atoms with Crippen LogP contribution < -0.4 is 0 Å². The Morgan fingerprint density at radius 1 is 1.60 bits per heavy atom. The number of hydrogen-bond acceptors (Lipinski definition) is 4. The fraction of sp³-hybridized carbons (Fsp3) is 0.462. The summed E-state index contributed by atoms with van der Waals surface area (Å²) >= 11 is 3.34. The first kappa shape index (κ1) is 14.9. The third-order valence-electron chi connectivity index (χ3n) is 3.24. The Balaban J connectivity index is 2.17. The molecule has 6 nitrogen and oxygen atoms in total. The van der Waals surface area contributed by atoms with Crippen LogP contribution in [0.4, 0.5) is 5.69 Å². The number of rotatable bonds is 3. The standard InChI is InChI=1S/C13H15BrN2O4/c1-9-6-10(2-3-12(9)16(18)19)13(17)15-4-5-20-11(7-14)8-15/h2-3,6,11H,4-5,7-8H2,1H3. The SMILES string of the molecule is Cc1cc(C(=O)N2CCOC(CBr)C2)ccc1[N+](=O)[O-]. The van der Waals surface area contributed by atoms with Crippen molar-refractivity contribution in [1.82, 2.24) is 4.90 Å². The zero-order chi connectivity index (χ0) is 14.7. The summed E-state index contributed by atoms with van der Waals surface area (Å²) in [6.07, 6.45) is -0.00755. The van der Waals surface area contributed by atoms with Crippen LogP contribution in [0.25, 0.3) is 0 Å². The number of carbonyl (C=O) groups is 1. The highest BCUT2D eigenvalue weighted by atomic mass is 79.9. The molecule has 1 aromatic rings. The molecular weight excluding hydrogens is 328 g/mol. The summed E-state index contributed by atoms with van der Waals surface area (Å²) in [4.78, 5) is 24.4. The third kappa shape index (κ3) is 3.16. The highest BCUT2D eigenvalue weighted by molar-refractivity contribution is 9.09. The lowest BCUT2D eigenvalue weighted by Crippen LogP contribution is -2.46. The van der Waals surface area contributed by atoms with Gasteiger partial charge >= 0.3 is 0 Å². The topological polar surface area (TPSA) is 72.7 Å². The first-order valence-electron chi connectivity index (χ1n) is 6.25. The average molecular weight is 343 g/mol. The number of alkyl halides is 1. The van der Waals surface area contributed by atoms with Crippen LogP contribution >= 0.6 is 15.9 Å². The van der Waals surface area contributed by atoms with Crippen molar-refractivity contribution in [2.45, 2.75) is 13.0 Å². The molecule has 2 rings (SSSR count). The Kier molecular flexibility index (Phi) is 4.72. The smallest absolute Gasteiger partial charge is 0.272 e. The van der Waals surface area contributed by atoms with Gasteiger partial charge in [-0.15, -0.1) is 0 Å². The van der Waals surface area contributed by atoms with Gasteiger partial charge in [0.05, 0.1) is 17.6 Å². The molecule has 1 aliphatic heterocycles. The maximum atomic E-state index is 12.4. The molecule has 0 saturated carbocycles. The van der Waals surface area contributed by atoms with Crippen molar-refractivity contribution < 1.29 is 14.5 Å². The van der Waals surface area contributed by atoms with Crippen LogP contribution in [0.5, 0.6) is 0 Å². The molecule has 1 heterocycles.